The molecule has 0 unspecified atom stereocenters. The minimum Gasteiger partial charge on any atom is -0.294 e. The molecule has 0 radical (unpaired) electrons. The topological polar surface area (TPSA) is 51.0 Å². The zero-order chi connectivity index (χ0) is 15.6. The largest absolute Gasteiger partial charge is 0.294 e. The molecule has 0 aliphatic rings. The predicted octanol–water partition coefficient (Wildman–Crippen LogP) is 2.88. The number of aryl methyl sites for hydroxylation is 1. The summed E-state index contributed by atoms with van der Waals surface area (Å²) in [5.41, 5.74) is 1.77. The Balaban J connectivity index is 2.44. The van der Waals surface area contributed by atoms with E-state index in [-0.39, 0.29) is 17.9 Å². The first-order chi connectivity index (χ1) is 9.91. The molecule has 0 N–H and O–H groups in total. The van der Waals surface area contributed by atoms with Crippen LogP contribution in [0.2, 0.25) is 0 Å². The number of hydrogen-bond acceptors (Lipinski definition) is 3. The molecule has 0 aliphatic heterocycles. The van der Waals surface area contributed by atoms with E-state index in [2.05, 4.69) is 10.1 Å². The van der Waals surface area contributed by atoms with Crippen LogP contribution in [0.5, 0.6) is 0 Å². The first kappa shape index (κ1) is 15.2. The number of rotatable bonds is 4. The smallest absolute Gasteiger partial charge is 0.230 e. The lowest BCUT2D eigenvalue weighted by molar-refractivity contribution is -0.121. The lowest BCUT2D eigenvalue weighted by Crippen LogP contribution is -2.40. The third-order valence-corrected chi connectivity index (χ3v) is 3.31. The van der Waals surface area contributed by atoms with Crippen LogP contribution < -0.4 is 4.90 Å². The van der Waals surface area contributed by atoms with E-state index in [1.54, 1.807) is 22.0 Å². The summed E-state index contributed by atoms with van der Waals surface area (Å²) in [7, 11) is 1.86. The third-order valence-electron chi connectivity index (χ3n) is 3.31. The highest BCUT2D eigenvalue weighted by molar-refractivity contribution is 5.94. The maximum atomic E-state index is 12.5. The van der Waals surface area contributed by atoms with Crippen molar-refractivity contribution in [2.45, 2.75) is 33.7 Å². The highest BCUT2D eigenvalue weighted by Gasteiger charge is 2.25. The number of amides is 1. The monoisotopic (exact) mass is 286 g/mol. The average Bonchev–Trinajstić information content (AvgIpc) is 2.81. The van der Waals surface area contributed by atoms with E-state index < -0.39 is 0 Å². The zero-order valence-electron chi connectivity index (χ0n) is 13.2. The van der Waals surface area contributed by atoms with Crippen LogP contribution in [0.4, 0.5) is 5.82 Å². The lowest BCUT2D eigenvalue weighted by atomic mass is 10.1. The molecule has 2 heterocycles. The Hall–Kier alpha value is -2.17. The molecule has 2 rings (SSSR count). The SMILES string of the molecule is CC(C)C(=O)N(c1cc(-c2cccnc2)nn1C)C(C)C. The summed E-state index contributed by atoms with van der Waals surface area (Å²) in [5.74, 6) is 0.859. The van der Waals surface area contributed by atoms with Gasteiger partial charge in [-0.05, 0) is 26.0 Å². The van der Waals surface area contributed by atoms with Crippen LogP contribution in [-0.2, 0) is 11.8 Å². The third kappa shape index (κ3) is 3.12. The molecule has 21 heavy (non-hydrogen) atoms. The Morgan fingerprint density at radius 3 is 2.52 bits per heavy atom. The summed E-state index contributed by atoms with van der Waals surface area (Å²) >= 11 is 0. The van der Waals surface area contributed by atoms with Crippen molar-refractivity contribution in [3.8, 4) is 11.3 Å². The molecule has 5 heteroatoms. The van der Waals surface area contributed by atoms with Gasteiger partial charge in [0.1, 0.15) is 5.82 Å². The summed E-state index contributed by atoms with van der Waals surface area (Å²) in [6.07, 6.45) is 3.51. The van der Waals surface area contributed by atoms with Crippen molar-refractivity contribution in [1.82, 2.24) is 14.8 Å². The van der Waals surface area contributed by atoms with Gasteiger partial charge in [-0.1, -0.05) is 13.8 Å². The van der Waals surface area contributed by atoms with Crippen molar-refractivity contribution < 1.29 is 4.79 Å². The van der Waals surface area contributed by atoms with Gasteiger partial charge in [0.05, 0.1) is 5.69 Å². The summed E-state index contributed by atoms with van der Waals surface area (Å²) < 4.78 is 1.75. The molecule has 2 aromatic rings. The number of nitrogens with zero attached hydrogens (tertiary/aromatic N) is 4. The summed E-state index contributed by atoms with van der Waals surface area (Å²) in [6, 6.07) is 5.86. The van der Waals surface area contributed by atoms with Crippen molar-refractivity contribution in [2.75, 3.05) is 4.90 Å². The van der Waals surface area contributed by atoms with Crippen molar-refractivity contribution in [2.24, 2.45) is 13.0 Å². The maximum Gasteiger partial charge on any atom is 0.230 e. The molecule has 0 aliphatic carbocycles. The van der Waals surface area contributed by atoms with Gasteiger partial charge >= 0.3 is 0 Å². The normalized spacial score (nSPS) is 11.2. The standard InChI is InChI=1S/C16H22N4O/c1-11(2)16(21)20(12(3)4)15-9-14(18-19(15)5)13-7-6-8-17-10-13/h6-12H,1-5H3. The number of carbonyl (C=O) groups excluding carboxylic acids is 1. The van der Waals surface area contributed by atoms with Gasteiger partial charge < -0.3 is 0 Å². The van der Waals surface area contributed by atoms with Crippen LogP contribution in [0.15, 0.2) is 30.6 Å². The fourth-order valence-corrected chi connectivity index (χ4v) is 2.25. The summed E-state index contributed by atoms with van der Waals surface area (Å²) in [4.78, 5) is 18.4. The first-order valence-electron chi connectivity index (χ1n) is 7.19. The van der Waals surface area contributed by atoms with E-state index in [1.165, 1.54) is 0 Å². The van der Waals surface area contributed by atoms with Gasteiger partial charge in [-0.3, -0.25) is 19.4 Å². The quantitative estimate of drug-likeness (QED) is 0.868. The number of carbonyl (C=O) groups is 1. The van der Waals surface area contributed by atoms with Crippen LogP contribution in [0, 0.1) is 5.92 Å². The molecule has 0 bridgehead atoms. The van der Waals surface area contributed by atoms with Crippen molar-refractivity contribution in [1.29, 1.82) is 0 Å². The second kappa shape index (κ2) is 6.08. The van der Waals surface area contributed by atoms with Crippen molar-refractivity contribution >= 4 is 11.7 Å². The van der Waals surface area contributed by atoms with Gasteiger partial charge in [0.25, 0.3) is 0 Å². The second-order valence-corrected chi connectivity index (χ2v) is 5.71. The van der Waals surface area contributed by atoms with Crippen LogP contribution in [0.25, 0.3) is 11.3 Å². The second-order valence-electron chi connectivity index (χ2n) is 5.71. The molecular weight excluding hydrogens is 264 g/mol. The zero-order valence-corrected chi connectivity index (χ0v) is 13.2. The Morgan fingerprint density at radius 1 is 1.29 bits per heavy atom. The van der Waals surface area contributed by atoms with Crippen LogP contribution >= 0.6 is 0 Å². The Bertz CT molecular complexity index is 616. The van der Waals surface area contributed by atoms with E-state index in [0.29, 0.717) is 0 Å². The summed E-state index contributed by atoms with van der Waals surface area (Å²) in [6.45, 7) is 7.85. The number of aromatic nitrogens is 3. The minimum absolute atomic E-state index is 0.0517. The molecule has 5 nitrogen and oxygen atoms in total. The van der Waals surface area contributed by atoms with Gasteiger partial charge in [-0.15, -0.1) is 0 Å². The van der Waals surface area contributed by atoms with Gasteiger partial charge in [0.2, 0.25) is 5.91 Å². The van der Waals surface area contributed by atoms with E-state index >= 15 is 0 Å². The van der Waals surface area contributed by atoms with Gasteiger partial charge in [-0.2, -0.15) is 5.10 Å². The average molecular weight is 286 g/mol. The number of anilines is 1. The lowest BCUT2D eigenvalue weighted by Gasteiger charge is -2.28. The molecule has 0 atom stereocenters. The summed E-state index contributed by atoms with van der Waals surface area (Å²) in [5, 5.41) is 4.51. The van der Waals surface area contributed by atoms with Crippen molar-refractivity contribution in [3.05, 3.63) is 30.6 Å². The van der Waals surface area contributed by atoms with Crippen LogP contribution in [0.3, 0.4) is 0 Å². The highest BCUT2D eigenvalue weighted by atomic mass is 16.2. The molecule has 0 spiro atoms. The van der Waals surface area contributed by atoms with Gasteiger partial charge in [0.15, 0.2) is 0 Å². The first-order valence-corrected chi connectivity index (χ1v) is 7.19. The fraction of sp³-hybridized carbons (Fsp3) is 0.438. The Morgan fingerprint density at radius 2 is 2.00 bits per heavy atom. The van der Waals surface area contributed by atoms with E-state index in [9.17, 15) is 4.79 Å². The Kier molecular flexibility index (Phi) is 4.40. The molecule has 0 saturated carbocycles. The van der Waals surface area contributed by atoms with Gasteiger partial charge in [0, 0.05) is 43.0 Å². The molecule has 2 aromatic heterocycles. The molecular formula is C16H22N4O. The number of hydrogen-bond donors (Lipinski definition) is 0. The van der Waals surface area contributed by atoms with Gasteiger partial charge in [-0.25, -0.2) is 0 Å². The van der Waals surface area contributed by atoms with Crippen LogP contribution in [0.1, 0.15) is 27.7 Å². The van der Waals surface area contributed by atoms with Crippen molar-refractivity contribution in [3.63, 3.8) is 0 Å². The molecule has 0 saturated heterocycles. The van der Waals surface area contributed by atoms with E-state index in [4.69, 9.17) is 0 Å². The molecule has 0 aromatic carbocycles. The predicted molar refractivity (Wildman–Crippen MR) is 83.9 cm³/mol. The highest BCUT2D eigenvalue weighted by Crippen LogP contribution is 2.25. The van der Waals surface area contributed by atoms with E-state index in [0.717, 1.165) is 17.1 Å². The molecule has 112 valence electrons. The molecule has 1 amide bonds. The fourth-order valence-electron chi connectivity index (χ4n) is 2.25. The minimum atomic E-state index is -0.0517. The molecule has 0 fully saturated rings. The van der Waals surface area contributed by atoms with E-state index in [1.807, 2.05) is 52.9 Å². The van der Waals surface area contributed by atoms with Crippen LogP contribution in [-0.4, -0.2) is 26.7 Å². The number of pyridine rings is 1. The Labute approximate surface area is 125 Å². The maximum absolute atomic E-state index is 12.5.